The summed E-state index contributed by atoms with van der Waals surface area (Å²) in [6.07, 6.45) is 5.61. The van der Waals surface area contributed by atoms with Crippen molar-refractivity contribution >= 4 is 5.96 Å². The van der Waals surface area contributed by atoms with Crippen LogP contribution in [0.3, 0.4) is 0 Å². The summed E-state index contributed by atoms with van der Waals surface area (Å²) in [5.41, 5.74) is 4.90. The van der Waals surface area contributed by atoms with Crippen molar-refractivity contribution in [1.29, 1.82) is 0 Å². The van der Waals surface area contributed by atoms with E-state index >= 15 is 0 Å². The third-order valence-corrected chi connectivity index (χ3v) is 5.63. The zero-order chi connectivity index (χ0) is 21.6. The highest BCUT2D eigenvalue weighted by atomic mass is 16.5. The molecule has 0 amide bonds. The quantitative estimate of drug-likeness (QED) is 0.491. The molecule has 0 unspecified atom stereocenters. The summed E-state index contributed by atoms with van der Waals surface area (Å²) in [6.45, 7) is 2.54. The van der Waals surface area contributed by atoms with E-state index < -0.39 is 0 Å². The van der Waals surface area contributed by atoms with Gasteiger partial charge in [0.1, 0.15) is 0 Å². The largest absolute Gasteiger partial charge is 0.493 e. The molecule has 0 spiro atoms. The third kappa shape index (κ3) is 4.66. The summed E-state index contributed by atoms with van der Waals surface area (Å²) in [7, 11) is 5.19. The standard InChI is InChI=1S/C24H29N5O2/c1-25-24(26-12-9-18-5-7-21(8-6-18)29-13-4-11-27-29)28-14-10-19-15-22(30-2)23(31-3)16-20(19)17-28/h4-8,11,13,15-16H,9-10,12,14,17H2,1-3H3,(H,25,26). The van der Waals surface area contributed by atoms with Gasteiger partial charge in [-0.05, 0) is 59.9 Å². The van der Waals surface area contributed by atoms with Crippen LogP contribution in [0, 0.1) is 0 Å². The highest BCUT2D eigenvalue weighted by Gasteiger charge is 2.21. The first-order valence-electron chi connectivity index (χ1n) is 10.5. The maximum absolute atomic E-state index is 5.48. The molecule has 31 heavy (non-hydrogen) atoms. The van der Waals surface area contributed by atoms with Gasteiger partial charge in [0.25, 0.3) is 0 Å². The number of hydrogen-bond donors (Lipinski definition) is 1. The average Bonchev–Trinajstić information content (AvgIpc) is 3.36. The Morgan fingerprint density at radius 2 is 1.84 bits per heavy atom. The van der Waals surface area contributed by atoms with Gasteiger partial charge in [-0.25, -0.2) is 4.68 Å². The van der Waals surface area contributed by atoms with Gasteiger partial charge in [-0.2, -0.15) is 5.10 Å². The molecule has 3 aromatic rings. The minimum Gasteiger partial charge on any atom is -0.493 e. The Kier molecular flexibility index (Phi) is 6.40. The Labute approximate surface area is 183 Å². The molecule has 0 radical (unpaired) electrons. The van der Waals surface area contributed by atoms with Crippen molar-refractivity contribution in [3.63, 3.8) is 0 Å². The van der Waals surface area contributed by atoms with Gasteiger partial charge in [-0.1, -0.05) is 12.1 Å². The van der Waals surface area contributed by atoms with E-state index in [1.54, 1.807) is 20.4 Å². The predicted octanol–water partition coefficient (Wildman–Crippen LogP) is 3.07. The number of nitrogens with zero attached hydrogens (tertiary/aromatic N) is 4. The van der Waals surface area contributed by atoms with Gasteiger partial charge in [-0.3, -0.25) is 4.99 Å². The van der Waals surface area contributed by atoms with E-state index in [1.165, 1.54) is 16.7 Å². The summed E-state index contributed by atoms with van der Waals surface area (Å²) in [6, 6.07) is 14.6. The second kappa shape index (κ2) is 9.55. The highest BCUT2D eigenvalue weighted by molar-refractivity contribution is 5.80. The number of ether oxygens (including phenoxy) is 2. The lowest BCUT2D eigenvalue weighted by Gasteiger charge is -2.32. The molecule has 2 aromatic carbocycles. The van der Waals surface area contributed by atoms with Crippen molar-refractivity contribution in [2.75, 3.05) is 34.4 Å². The molecule has 1 aromatic heterocycles. The van der Waals surface area contributed by atoms with E-state index in [0.717, 1.165) is 55.6 Å². The topological polar surface area (TPSA) is 63.9 Å². The van der Waals surface area contributed by atoms with Crippen molar-refractivity contribution in [1.82, 2.24) is 20.0 Å². The smallest absolute Gasteiger partial charge is 0.193 e. The number of aliphatic imine (C=N–C) groups is 1. The molecular formula is C24H29N5O2. The maximum Gasteiger partial charge on any atom is 0.193 e. The van der Waals surface area contributed by atoms with Gasteiger partial charge in [0.2, 0.25) is 0 Å². The lowest BCUT2D eigenvalue weighted by molar-refractivity contribution is 0.346. The highest BCUT2D eigenvalue weighted by Crippen LogP contribution is 2.33. The number of nitrogens with one attached hydrogen (secondary N) is 1. The molecule has 4 rings (SSSR count). The van der Waals surface area contributed by atoms with Gasteiger partial charge in [0, 0.05) is 39.1 Å². The van der Waals surface area contributed by atoms with Crippen LogP contribution in [0.1, 0.15) is 16.7 Å². The first kappa shape index (κ1) is 20.8. The van der Waals surface area contributed by atoms with Crippen LogP contribution in [0.4, 0.5) is 0 Å². The van der Waals surface area contributed by atoms with Crippen LogP contribution in [-0.2, 0) is 19.4 Å². The van der Waals surface area contributed by atoms with E-state index in [4.69, 9.17) is 9.47 Å². The zero-order valence-corrected chi connectivity index (χ0v) is 18.3. The predicted molar refractivity (Wildman–Crippen MR) is 122 cm³/mol. The summed E-state index contributed by atoms with van der Waals surface area (Å²) < 4.78 is 12.8. The number of benzene rings is 2. The minimum absolute atomic E-state index is 0.768. The van der Waals surface area contributed by atoms with Crippen LogP contribution < -0.4 is 14.8 Å². The van der Waals surface area contributed by atoms with Crippen LogP contribution in [0.2, 0.25) is 0 Å². The first-order valence-corrected chi connectivity index (χ1v) is 10.5. The molecule has 2 heterocycles. The molecule has 0 bridgehead atoms. The van der Waals surface area contributed by atoms with Gasteiger partial charge in [0.15, 0.2) is 17.5 Å². The third-order valence-electron chi connectivity index (χ3n) is 5.63. The molecule has 0 aliphatic carbocycles. The second-order valence-electron chi connectivity index (χ2n) is 7.49. The molecular weight excluding hydrogens is 390 g/mol. The summed E-state index contributed by atoms with van der Waals surface area (Å²) in [4.78, 5) is 6.79. The van der Waals surface area contributed by atoms with Gasteiger partial charge in [0.05, 0.1) is 19.9 Å². The Hall–Kier alpha value is -3.48. The fourth-order valence-corrected chi connectivity index (χ4v) is 3.95. The molecule has 1 N–H and O–H groups in total. The lowest BCUT2D eigenvalue weighted by atomic mass is 9.99. The van der Waals surface area contributed by atoms with E-state index in [-0.39, 0.29) is 0 Å². The van der Waals surface area contributed by atoms with Crippen molar-refractivity contribution in [3.8, 4) is 17.2 Å². The number of aromatic nitrogens is 2. The normalized spacial score (nSPS) is 13.6. The van der Waals surface area contributed by atoms with Crippen molar-refractivity contribution in [2.45, 2.75) is 19.4 Å². The molecule has 0 atom stereocenters. The summed E-state index contributed by atoms with van der Waals surface area (Å²) >= 11 is 0. The lowest BCUT2D eigenvalue weighted by Crippen LogP contribution is -2.44. The Morgan fingerprint density at radius 3 is 2.48 bits per heavy atom. The SMILES string of the molecule is CN=C(NCCc1ccc(-n2cccn2)cc1)N1CCc2cc(OC)c(OC)cc2C1. The van der Waals surface area contributed by atoms with Gasteiger partial charge >= 0.3 is 0 Å². The van der Waals surface area contributed by atoms with E-state index in [2.05, 4.69) is 56.7 Å². The molecule has 162 valence electrons. The summed E-state index contributed by atoms with van der Waals surface area (Å²) in [5, 5.41) is 7.78. The van der Waals surface area contributed by atoms with E-state index in [1.807, 2.05) is 24.0 Å². The number of guanidine groups is 1. The molecule has 7 heteroatoms. The minimum atomic E-state index is 0.768. The molecule has 7 nitrogen and oxygen atoms in total. The van der Waals surface area contributed by atoms with Crippen LogP contribution in [0.15, 0.2) is 59.9 Å². The van der Waals surface area contributed by atoms with Crippen molar-refractivity contribution in [2.24, 2.45) is 4.99 Å². The molecule has 0 fully saturated rings. The van der Waals surface area contributed by atoms with E-state index in [0.29, 0.717) is 0 Å². The van der Waals surface area contributed by atoms with Crippen molar-refractivity contribution in [3.05, 3.63) is 71.5 Å². The zero-order valence-electron chi connectivity index (χ0n) is 18.3. The van der Waals surface area contributed by atoms with Crippen LogP contribution >= 0.6 is 0 Å². The fraction of sp³-hybridized carbons (Fsp3) is 0.333. The molecule has 0 saturated heterocycles. The fourth-order valence-electron chi connectivity index (χ4n) is 3.95. The van der Waals surface area contributed by atoms with Gasteiger partial charge < -0.3 is 19.7 Å². The average molecular weight is 420 g/mol. The first-order chi connectivity index (χ1) is 15.2. The molecule has 1 aliphatic rings. The van der Waals surface area contributed by atoms with Gasteiger partial charge in [-0.15, -0.1) is 0 Å². The summed E-state index contributed by atoms with van der Waals surface area (Å²) in [5.74, 6) is 2.48. The number of methoxy groups -OCH3 is 2. The number of rotatable bonds is 6. The Morgan fingerprint density at radius 1 is 1.10 bits per heavy atom. The molecule has 1 aliphatic heterocycles. The maximum atomic E-state index is 5.48. The van der Waals surface area contributed by atoms with Crippen LogP contribution in [0.25, 0.3) is 5.69 Å². The van der Waals surface area contributed by atoms with E-state index in [9.17, 15) is 0 Å². The monoisotopic (exact) mass is 419 g/mol. The van der Waals surface area contributed by atoms with Crippen molar-refractivity contribution < 1.29 is 9.47 Å². The Balaban J connectivity index is 1.35. The van der Waals surface area contributed by atoms with Crippen LogP contribution in [0.5, 0.6) is 11.5 Å². The second-order valence-corrected chi connectivity index (χ2v) is 7.49. The molecule has 0 saturated carbocycles. The number of fused-ring (bicyclic) bond motifs is 1. The number of hydrogen-bond acceptors (Lipinski definition) is 4. The van der Waals surface area contributed by atoms with Crippen LogP contribution in [-0.4, -0.2) is 55.0 Å². The Bertz CT molecular complexity index is 1030.